The molecule has 0 fully saturated rings. The minimum Gasteiger partial charge on any atom is -0.309 e. The number of aromatic nitrogens is 1. The molecule has 0 spiro atoms. The lowest BCUT2D eigenvalue weighted by Crippen LogP contribution is -2.14. The summed E-state index contributed by atoms with van der Waals surface area (Å²) in [7, 11) is 0. The van der Waals surface area contributed by atoms with Crippen LogP contribution in [0.1, 0.15) is 25.0 Å². The first-order valence-corrected chi connectivity index (χ1v) is 17.5. The molecule has 0 radical (unpaired) electrons. The van der Waals surface area contributed by atoms with Crippen molar-refractivity contribution in [2.75, 3.05) is 0 Å². The quantitative estimate of drug-likeness (QED) is 0.181. The molecule has 1 aliphatic carbocycles. The lowest BCUT2D eigenvalue weighted by atomic mass is 9.82. The maximum absolute atomic E-state index is 2.52. The zero-order valence-corrected chi connectivity index (χ0v) is 28.2. The molecule has 1 nitrogen and oxygen atoms in total. The molecule has 0 saturated carbocycles. The van der Waals surface area contributed by atoms with Crippen molar-refractivity contribution in [1.82, 2.24) is 4.57 Å². The third-order valence-corrected chi connectivity index (χ3v) is 10.9. The molecule has 1 aromatic heterocycles. The lowest BCUT2D eigenvalue weighted by molar-refractivity contribution is 0.661. The van der Waals surface area contributed by atoms with Crippen LogP contribution in [0.2, 0.25) is 0 Å². The minimum absolute atomic E-state index is 0.0702. The molecule has 0 N–H and O–H groups in total. The van der Waals surface area contributed by atoms with E-state index in [2.05, 4.69) is 194 Å². The molecule has 236 valence electrons. The Bertz CT molecular complexity index is 2710. The monoisotopic (exact) mass is 637 g/mol. The Hall–Kier alpha value is -6.18. The van der Waals surface area contributed by atoms with E-state index in [1.165, 1.54) is 88.2 Å². The summed E-state index contributed by atoms with van der Waals surface area (Å²) in [5, 5.41) is 5.16. The van der Waals surface area contributed by atoms with Crippen LogP contribution >= 0.6 is 0 Å². The topological polar surface area (TPSA) is 4.93 Å². The fourth-order valence-electron chi connectivity index (χ4n) is 8.54. The highest BCUT2D eigenvalue weighted by Crippen LogP contribution is 2.53. The number of benzene rings is 8. The van der Waals surface area contributed by atoms with Crippen LogP contribution in [0.4, 0.5) is 0 Å². The van der Waals surface area contributed by atoms with Crippen LogP contribution in [-0.4, -0.2) is 4.57 Å². The van der Waals surface area contributed by atoms with Gasteiger partial charge < -0.3 is 4.57 Å². The van der Waals surface area contributed by atoms with Crippen molar-refractivity contribution in [3.05, 3.63) is 187 Å². The van der Waals surface area contributed by atoms with Gasteiger partial charge in [0.2, 0.25) is 0 Å². The van der Waals surface area contributed by atoms with Crippen molar-refractivity contribution in [2.45, 2.75) is 19.3 Å². The number of hydrogen-bond donors (Lipinski definition) is 0. The van der Waals surface area contributed by atoms with E-state index in [1.807, 2.05) is 0 Å². The lowest BCUT2D eigenvalue weighted by Gasteiger charge is -2.21. The second kappa shape index (κ2) is 10.9. The van der Waals surface area contributed by atoms with Crippen LogP contribution in [0.25, 0.3) is 82.8 Å². The van der Waals surface area contributed by atoms with E-state index in [-0.39, 0.29) is 5.41 Å². The van der Waals surface area contributed by atoms with Gasteiger partial charge in [0, 0.05) is 27.3 Å². The van der Waals surface area contributed by atoms with Gasteiger partial charge in [0.15, 0.2) is 0 Å². The van der Waals surface area contributed by atoms with Crippen LogP contribution in [0.3, 0.4) is 0 Å². The van der Waals surface area contributed by atoms with E-state index in [4.69, 9.17) is 0 Å². The smallest absolute Gasteiger partial charge is 0.0625 e. The van der Waals surface area contributed by atoms with Gasteiger partial charge in [0.25, 0.3) is 0 Å². The fraction of sp³-hybridized carbons (Fsp3) is 0.0612. The first kappa shape index (κ1) is 28.8. The first-order chi connectivity index (χ1) is 24.6. The zero-order valence-electron chi connectivity index (χ0n) is 28.2. The Morgan fingerprint density at radius 3 is 1.76 bits per heavy atom. The van der Waals surface area contributed by atoms with E-state index in [0.29, 0.717) is 0 Å². The number of fused-ring (bicyclic) bond motifs is 9. The van der Waals surface area contributed by atoms with Gasteiger partial charge in [-0.2, -0.15) is 0 Å². The molecule has 0 unspecified atom stereocenters. The van der Waals surface area contributed by atoms with Crippen molar-refractivity contribution >= 4 is 32.6 Å². The molecule has 1 aliphatic rings. The van der Waals surface area contributed by atoms with Crippen LogP contribution in [-0.2, 0) is 5.41 Å². The van der Waals surface area contributed by atoms with Gasteiger partial charge in [0.05, 0.1) is 11.0 Å². The molecule has 0 aliphatic heterocycles. The standard InChI is InChI=1S/C49H35N/c1-49(2)43-22-11-9-21-42(43)47-44(49)27-25-34-24-26-41-40-20-10-12-23-45(40)50(48(41)46(34)47)39-19-13-18-35(31-39)38-29-36(32-14-5-3-6-15-32)28-37(30-38)33-16-7-4-8-17-33/h3-31H,1-2H3. The Morgan fingerprint density at radius 2 is 1.02 bits per heavy atom. The van der Waals surface area contributed by atoms with Crippen LogP contribution in [0.5, 0.6) is 0 Å². The Morgan fingerprint density at radius 1 is 0.420 bits per heavy atom. The van der Waals surface area contributed by atoms with Gasteiger partial charge in [-0.1, -0.05) is 153 Å². The van der Waals surface area contributed by atoms with E-state index in [1.54, 1.807) is 0 Å². The van der Waals surface area contributed by atoms with Gasteiger partial charge in [-0.15, -0.1) is 0 Å². The maximum Gasteiger partial charge on any atom is 0.0625 e. The molecular weight excluding hydrogens is 603 g/mol. The molecule has 50 heavy (non-hydrogen) atoms. The molecular formula is C49H35N. The summed E-state index contributed by atoms with van der Waals surface area (Å²) in [5.74, 6) is 0. The van der Waals surface area contributed by atoms with Crippen LogP contribution in [0, 0.1) is 0 Å². The summed E-state index contributed by atoms with van der Waals surface area (Å²) >= 11 is 0. The number of hydrogen-bond acceptors (Lipinski definition) is 0. The highest BCUT2D eigenvalue weighted by atomic mass is 15.0. The second-order valence-corrected chi connectivity index (χ2v) is 14.2. The average Bonchev–Trinajstić information content (AvgIpc) is 3.64. The van der Waals surface area contributed by atoms with E-state index < -0.39 is 0 Å². The van der Waals surface area contributed by atoms with Crippen molar-refractivity contribution in [1.29, 1.82) is 0 Å². The summed E-state index contributed by atoms with van der Waals surface area (Å²) in [6.45, 7) is 4.74. The number of nitrogens with zero attached hydrogens (tertiary/aromatic N) is 1. The number of para-hydroxylation sites is 1. The minimum atomic E-state index is -0.0702. The summed E-state index contributed by atoms with van der Waals surface area (Å²) in [4.78, 5) is 0. The maximum atomic E-state index is 2.52. The summed E-state index contributed by atoms with van der Waals surface area (Å²) < 4.78 is 2.52. The SMILES string of the molecule is CC1(C)c2ccccc2-c2c1ccc1ccc3c4ccccc4n(-c4cccc(-c5cc(-c6ccccc6)cc(-c6ccccc6)c5)c4)c3c21. The molecule has 0 saturated heterocycles. The highest BCUT2D eigenvalue weighted by Gasteiger charge is 2.37. The average molecular weight is 638 g/mol. The molecule has 1 heterocycles. The van der Waals surface area contributed by atoms with Gasteiger partial charge in [-0.3, -0.25) is 0 Å². The Balaban J connectivity index is 1.26. The van der Waals surface area contributed by atoms with Crippen molar-refractivity contribution in [2.24, 2.45) is 0 Å². The molecule has 1 heteroatoms. The molecule has 9 aromatic rings. The summed E-state index contributed by atoms with van der Waals surface area (Å²) in [6, 6.07) is 64.8. The summed E-state index contributed by atoms with van der Waals surface area (Å²) in [5.41, 5.74) is 16.4. The van der Waals surface area contributed by atoms with E-state index >= 15 is 0 Å². The third-order valence-electron chi connectivity index (χ3n) is 10.9. The largest absolute Gasteiger partial charge is 0.309 e. The van der Waals surface area contributed by atoms with Crippen LogP contribution in [0.15, 0.2) is 176 Å². The number of rotatable bonds is 4. The van der Waals surface area contributed by atoms with Crippen LogP contribution < -0.4 is 0 Å². The van der Waals surface area contributed by atoms with E-state index in [9.17, 15) is 0 Å². The Kier molecular flexibility index (Phi) is 6.29. The molecule has 10 rings (SSSR count). The van der Waals surface area contributed by atoms with Crippen molar-refractivity contribution < 1.29 is 0 Å². The Labute approximate surface area is 292 Å². The molecule has 8 aromatic carbocycles. The van der Waals surface area contributed by atoms with Gasteiger partial charge >= 0.3 is 0 Å². The van der Waals surface area contributed by atoms with Crippen molar-refractivity contribution in [3.63, 3.8) is 0 Å². The zero-order chi connectivity index (χ0) is 33.4. The normalized spacial score (nSPS) is 13.2. The molecule has 0 amide bonds. The molecule has 0 atom stereocenters. The third kappa shape index (κ3) is 4.27. The van der Waals surface area contributed by atoms with Gasteiger partial charge in [-0.05, 0) is 97.4 Å². The first-order valence-electron chi connectivity index (χ1n) is 17.5. The van der Waals surface area contributed by atoms with Crippen molar-refractivity contribution in [3.8, 4) is 50.2 Å². The van der Waals surface area contributed by atoms with Gasteiger partial charge in [-0.25, -0.2) is 0 Å². The molecule has 0 bridgehead atoms. The van der Waals surface area contributed by atoms with E-state index in [0.717, 1.165) is 5.69 Å². The summed E-state index contributed by atoms with van der Waals surface area (Å²) in [6.07, 6.45) is 0. The predicted octanol–water partition coefficient (Wildman–Crippen LogP) is 13.2. The second-order valence-electron chi connectivity index (χ2n) is 14.2. The fourth-order valence-corrected chi connectivity index (χ4v) is 8.54. The van der Waals surface area contributed by atoms with Gasteiger partial charge in [0.1, 0.15) is 0 Å². The highest BCUT2D eigenvalue weighted by molar-refractivity contribution is 6.23. The predicted molar refractivity (Wildman–Crippen MR) is 212 cm³/mol.